The van der Waals surface area contributed by atoms with E-state index in [1.54, 1.807) is 0 Å². The van der Waals surface area contributed by atoms with Gasteiger partial charge in [-0.2, -0.15) is 0 Å². The van der Waals surface area contributed by atoms with Crippen molar-refractivity contribution in [2.75, 3.05) is 5.73 Å². The Morgan fingerprint density at radius 2 is 1.87 bits per heavy atom. The van der Waals surface area contributed by atoms with Crippen molar-refractivity contribution < 1.29 is 17.5 Å². The van der Waals surface area contributed by atoms with Crippen LogP contribution in [-0.2, 0) is 22.2 Å². The van der Waals surface area contributed by atoms with Crippen molar-refractivity contribution in [2.45, 2.75) is 9.79 Å². The van der Waals surface area contributed by atoms with Gasteiger partial charge in [0.15, 0.2) is 22.2 Å². The minimum atomic E-state index is -2.41. The molecule has 0 radical (unpaired) electrons. The Kier molecular flexibility index (Phi) is 3.75. The predicted octanol–water partition coefficient (Wildman–Crippen LogP) is 1.07. The molecule has 1 rings (SSSR count). The first-order chi connectivity index (χ1) is 6.99. The lowest BCUT2D eigenvalue weighted by atomic mass is 10.2. The summed E-state index contributed by atoms with van der Waals surface area (Å²) in [5.41, 5.74) is 6.00. The van der Waals surface area contributed by atoms with E-state index in [0.717, 1.165) is 0 Å². The summed E-state index contributed by atoms with van der Waals surface area (Å²) in [6, 6.07) is 2.73. The van der Waals surface area contributed by atoms with Crippen LogP contribution in [-0.4, -0.2) is 17.5 Å². The van der Waals surface area contributed by atoms with Crippen LogP contribution in [0.2, 0.25) is 0 Å². The molecule has 0 amide bonds. The number of nitrogens with two attached hydrogens (primary N) is 1. The molecular formula is C8H9NO4S2. The molecule has 1 aromatic rings. The third-order valence-electron chi connectivity index (χ3n) is 1.78. The van der Waals surface area contributed by atoms with Crippen molar-refractivity contribution in [3.8, 4) is 0 Å². The summed E-state index contributed by atoms with van der Waals surface area (Å²) < 4.78 is 39.7. The third-order valence-corrected chi connectivity index (χ3v) is 3.41. The predicted molar refractivity (Wildman–Crippen MR) is 59.0 cm³/mol. The van der Waals surface area contributed by atoms with Crippen LogP contribution >= 0.6 is 0 Å². The van der Waals surface area contributed by atoms with Gasteiger partial charge in [-0.05, 0) is 11.6 Å². The van der Waals surface area contributed by atoms with E-state index in [9.17, 15) is 8.42 Å². The van der Waals surface area contributed by atoms with Crippen LogP contribution in [0.3, 0.4) is 0 Å². The molecule has 0 aliphatic carbocycles. The smallest absolute Gasteiger partial charge is 0.190 e. The molecule has 2 atom stereocenters. The third kappa shape index (κ3) is 2.32. The lowest BCUT2D eigenvalue weighted by Crippen LogP contribution is -2.05. The summed E-state index contributed by atoms with van der Waals surface area (Å²) in [5.74, 6) is 0. The van der Waals surface area contributed by atoms with Gasteiger partial charge >= 0.3 is 0 Å². The summed E-state index contributed by atoms with van der Waals surface area (Å²) in [4.78, 5) is -0.410. The first-order valence-electron chi connectivity index (χ1n) is 3.75. The lowest BCUT2D eigenvalue weighted by Gasteiger charge is -2.08. The maximum absolute atomic E-state index is 11.0. The van der Waals surface area contributed by atoms with Crippen LogP contribution in [0.5, 0.6) is 0 Å². The zero-order valence-corrected chi connectivity index (χ0v) is 9.18. The van der Waals surface area contributed by atoms with E-state index in [1.165, 1.54) is 18.2 Å². The van der Waals surface area contributed by atoms with Crippen molar-refractivity contribution in [1.29, 1.82) is 0 Å². The maximum Gasteiger partial charge on any atom is 0.190 e. The highest BCUT2D eigenvalue weighted by Gasteiger charge is 2.17. The van der Waals surface area contributed by atoms with Crippen molar-refractivity contribution >= 4 is 33.9 Å². The fourth-order valence-electron chi connectivity index (χ4n) is 1.09. The van der Waals surface area contributed by atoms with E-state index in [1.807, 2.05) is 0 Å². The van der Waals surface area contributed by atoms with E-state index in [4.69, 9.17) is 14.8 Å². The summed E-state index contributed by atoms with van der Waals surface area (Å²) in [5, 5.41) is 0. The van der Waals surface area contributed by atoms with E-state index in [-0.39, 0.29) is 15.5 Å². The number of rotatable bonds is 3. The largest absolute Gasteiger partial charge is 0.397 e. The first-order valence-corrected chi connectivity index (χ1v) is 5.97. The Hall–Kier alpha value is -1.02. The molecule has 7 heteroatoms. The second-order valence-corrected chi connectivity index (χ2v) is 4.44. The molecule has 2 unspecified atom stereocenters. The van der Waals surface area contributed by atoms with Gasteiger partial charge in [0.05, 0.1) is 10.6 Å². The van der Waals surface area contributed by atoms with Crippen LogP contribution in [0.1, 0.15) is 5.56 Å². The van der Waals surface area contributed by atoms with Crippen LogP contribution in [0.25, 0.3) is 6.08 Å². The summed E-state index contributed by atoms with van der Waals surface area (Å²) in [7, 11) is 0. The molecule has 4 N–H and O–H groups in total. The van der Waals surface area contributed by atoms with Gasteiger partial charge in [-0.1, -0.05) is 18.7 Å². The zero-order valence-electron chi connectivity index (χ0n) is 7.54. The highest BCUT2D eigenvalue weighted by Crippen LogP contribution is 2.27. The maximum atomic E-state index is 11.0. The van der Waals surface area contributed by atoms with Crippen LogP contribution in [0.4, 0.5) is 5.69 Å². The Labute approximate surface area is 91.6 Å². The molecule has 0 saturated heterocycles. The second kappa shape index (κ2) is 4.67. The average molecular weight is 247 g/mol. The van der Waals surface area contributed by atoms with Gasteiger partial charge < -0.3 is 14.8 Å². The van der Waals surface area contributed by atoms with Gasteiger partial charge in [0.1, 0.15) is 4.90 Å². The number of hydrogen-bond donors (Lipinski definition) is 3. The Morgan fingerprint density at radius 1 is 1.27 bits per heavy atom. The molecule has 15 heavy (non-hydrogen) atoms. The number of hydrogen-bond acceptors (Lipinski definition) is 3. The highest BCUT2D eigenvalue weighted by molar-refractivity contribution is 7.82. The Balaban J connectivity index is 3.58. The SMILES string of the molecule is C=Cc1ccc(S(=O)O)c(S(=O)O)c1N. The minimum Gasteiger partial charge on any atom is -0.397 e. The molecule has 0 saturated carbocycles. The molecule has 0 spiro atoms. The second-order valence-electron chi connectivity index (χ2n) is 2.60. The van der Waals surface area contributed by atoms with Gasteiger partial charge in [-0.3, -0.25) is 0 Å². The van der Waals surface area contributed by atoms with Gasteiger partial charge in [0, 0.05) is 0 Å². The molecule has 0 heterocycles. The van der Waals surface area contributed by atoms with Crippen molar-refractivity contribution in [2.24, 2.45) is 0 Å². The molecule has 0 aromatic heterocycles. The zero-order chi connectivity index (χ0) is 11.6. The number of anilines is 1. The van der Waals surface area contributed by atoms with E-state index in [0.29, 0.717) is 5.56 Å². The summed E-state index contributed by atoms with van der Waals surface area (Å²) >= 11 is -4.76. The van der Waals surface area contributed by atoms with Crippen LogP contribution in [0.15, 0.2) is 28.5 Å². The standard InChI is InChI=1S/C8H9NO4S2/c1-2-5-3-4-6(14(10)11)8(7(5)9)15(12)13/h2-4H,1,9H2,(H,10,11)(H,12,13). The van der Waals surface area contributed by atoms with Crippen molar-refractivity contribution in [3.63, 3.8) is 0 Å². The summed E-state index contributed by atoms with van der Waals surface area (Å²) in [6.07, 6.45) is 1.40. The molecule has 0 fully saturated rings. The molecule has 1 aromatic carbocycles. The molecule has 82 valence electrons. The fraction of sp³-hybridized carbons (Fsp3) is 0. The molecule has 0 aliphatic rings. The highest BCUT2D eigenvalue weighted by atomic mass is 32.2. The quantitative estimate of drug-likeness (QED) is 0.548. The summed E-state index contributed by atoms with van der Waals surface area (Å²) in [6.45, 7) is 3.47. The average Bonchev–Trinajstić information content (AvgIpc) is 2.16. The van der Waals surface area contributed by atoms with E-state index < -0.39 is 22.2 Å². The van der Waals surface area contributed by atoms with E-state index >= 15 is 0 Å². The number of benzene rings is 1. The van der Waals surface area contributed by atoms with Gasteiger partial charge in [0.2, 0.25) is 0 Å². The van der Waals surface area contributed by atoms with Gasteiger partial charge in [0.25, 0.3) is 0 Å². The normalized spacial score (nSPS) is 14.5. The monoisotopic (exact) mass is 247 g/mol. The van der Waals surface area contributed by atoms with Gasteiger partial charge in [-0.25, -0.2) is 8.42 Å². The molecular weight excluding hydrogens is 238 g/mol. The van der Waals surface area contributed by atoms with Crippen molar-refractivity contribution in [3.05, 3.63) is 24.3 Å². The minimum absolute atomic E-state index is 0.00858. The molecule has 5 nitrogen and oxygen atoms in total. The topological polar surface area (TPSA) is 101 Å². The number of nitrogen functional groups attached to an aromatic ring is 1. The first kappa shape index (κ1) is 12.1. The van der Waals surface area contributed by atoms with Crippen LogP contribution in [0, 0.1) is 0 Å². The Morgan fingerprint density at radius 3 is 2.27 bits per heavy atom. The van der Waals surface area contributed by atoms with Crippen molar-refractivity contribution in [1.82, 2.24) is 0 Å². The van der Waals surface area contributed by atoms with Crippen LogP contribution < -0.4 is 5.73 Å². The Bertz CT molecular complexity index is 458. The molecule has 0 bridgehead atoms. The lowest BCUT2D eigenvalue weighted by molar-refractivity contribution is 0.550. The van der Waals surface area contributed by atoms with E-state index in [2.05, 4.69) is 6.58 Å². The molecule has 0 aliphatic heterocycles. The fourth-order valence-corrected chi connectivity index (χ4v) is 2.52. The van der Waals surface area contributed by atoms with Gasteiger partial charge in [-0.15, -0.1) is 0 Å².